The summed E-state index contributed by atoms with van der Waals surface area (Å²) in [5.41, 5.74) is 8.21. The van der Waals surface area contributed by atoms with E-state index >= 15 is 0 Å². The number of thiazole rings is 1. The summed E-state index contributed by atoms with van der Waals surface area (Å²) in [6, 6.07) is 0. The van der Waals surface area contributed by atoms with Gasteiger partial charge in [-0.3, -0.25) is 4.79 Å². The van der Waals surface area contributed by atoms with E-state index in [9.17, 15) is 4.79 Å². The van der Waals surface area contributed by atoms with Crippen LogP contribution in [0, 0.1) is 12.8 Å². The number of nitrogens with zero attached hydrogens (tertiary/aromatic N) is 1. The molecule has 3 N–H and O–H groups in total. The molecule has 0 aliphatic heterocycles. The van der Waals surface area contributed by atoms with Gasteiger partial charge >= 0.3 is 0 Å². The number of nitrogens with one attached hydrogen (secondary N) is 1. The number of aromatic nitrogens is 1. The van der Waals surface area contributed by atoms with Gasteiger partial charge in [-0.15, -0.1) is 11.3 Å². The number of carbonyl (C=O) groups is 1. The molecule has 0 spiro atoms. The first-order valence-corrected chi connectivity index (χ1v) is 6.31. The van der Waals surface area contributed by atoms with Crippen molar-refractivity contribution in [3.05, 3.63) is 16.1 Å². The fraction of sp³-hybridized carbons (Fsp3) is 0.500. The number of amides is 1. The Bertz CT molecular complexity index is 389. The van der Waals surface area contributed by atoms with Gasteiger partial charge in [0.25, 0.3) is 0 Å². The van der Waals surface area contributed by atoms with E-state index in [1.165, 1.54) is 11.3 Å². The number of hydrogen-bond donors (Lipinski definition) is 2. The van der Waals surface area contributed by atoms with Crippen molar-refractivity contribution in [2.24, 2.45) is 11.7 Å². The van der Waals surface area contributed by atoms with Crippen molar-refractivity contribution < 1.29 is 4.79 Å². The van der Waals surface area contributed by atoms with Crippen LogP contribution in [0.5, 0.6) is 0 Å². The first-order chi connectivity index (χ1) is 7.56. The van der Waals surface area contributed by atoms with Crippen LogP contribution in [0.3, 0.4) is 0 Å². The molecule has 1 unspecified atom stereocenters. The Morgan fingerprint density at radius 1 is 1.75 bits per heavy atom. The number of aryl methyl sites for hydroxylation is 1. The Hall–Kier alpha value is -1.01. The van der Waals surface area contributed by atoms with E-state index < -0.39 is 0 Å². The van der Waals surface area contributed by atoms with Gasteiger partial charge in [0.15, 0.2) is 0 Å². The molecule has 1 amide bonds. The molecule has 1 rings (SSSR count). The summed E-state index contributed by atoms with van der Waals surface area (Å²) in [5, 5.41) is 2.82. The van der Waals surface area contributed by atoms with Gasteiger partial charge in [0.05, 0.1) is 28.7 Å². The Kier molecular flexibility index (Phi) is 4.82. The van der Waals surface area contributed by atoms with Crippen molar-refractivity contribution in [3.8, 4) is 0 Å². The fourth-order valence-corrected chi connectivity index (χ4v) is 2.29. The van der Waals surface area contributed by atoms with Gasteiger partial charge in [0.1, 0.15) is 0 Å². The van der Waals surface area contributed by atoms with Crippen LogP contribution < -0.4 is 11.1 Å². The third-order valence-corrected chi connectivity index (χ3v) is 3.56. The van der Waals surface area contributed by atoms with Crippen LogP contribution in [0.15, 0.2) is 5.51 Å². The van der Waals surface area contributed by atoms with Crippen molar-refractivity contribution >= 4 is 34.5 Å². The predicted octanol–water partition coefficient (Wildman–Crippen LogP) is 1.38. The molecule has 0 aliphatic rings. The summed E-state index contributed by atoms with van der Waals surface area (Å²) in [4.78, 5) is 17.2. The third kappa shape index (κ3) is 3.24. The van der Waals surface area contributed by atoms with Crippen LogP contribution in [0.4, 0.5) is 0 Å². The van der Waals surface area contributed by atoms with Gasteiger partial charge in [-0.05, 0) is 13.3 Å². The van der Waals surface area contributed by atoms with Crippen molar-refractivity contribution in [3.63, 3.8) is 0 Å². The van der Waals surface area contributed by atoms with Crippen molar-refractivity contribution in [2.45, 2.75) is 26.8 Å². The number of rotatable bonds is 5. The zero-order valence-electron chi connectivity index (χ0n) is 9.32. The molecule has 0 aromatic carbocycles. The van der Waals surface area contributed by atoms with Gasteiger partial charge in [0.2, 0.25) is 5.91 Å². The first-order valence-electron chi connectivity index (χ1n) is 5.02. The monoisotopic (exact) mass is 257 g/mol. The SMILES string of the molecule is CCC(C(=O)NCc1scnc1C)C(N)=S. The maximum Gasteiger partial charge on any atom is 0.230 e. The van der Waals surface area contributed by atoms with E-state index in [-0.39, 0.29) is 16.8 Å². The highest BCUT2D eigenvalue weighted by Gasteiger charge is 2.18. The summed E-state index contributed by atoms with van der Waals surface area (Å²) in [5.74, 6) is -0.481. The number of nitrogens with two attached hydrogens (primary N) is 1. The van der Waals surface area contributed by atoms with E-state index in [0.29, 0.717) is 13.0 Å². The van der Waals surface area contributed by atoms with Gasteiger partial charge in [-0.25, -0.2) is 4.98 Å². The fourth-order valence-electron chi connectivity index (χ4n) is 1.30. The molecule has 6 heteroatoms. The molecular weight excluding hydrogens is 242 g/mol. The molecule has 1 heterocycles. The molecule has 88 valence electrons. The van der Waals surface area contributed by atoms with Gasteiger partial charge in [-0.1, -0.05) is 19.1 Å². The Morgan fingerprint density at radius 2 is 2.44 bits per heavy atom. The minimum Gasteiger partial charge on any atom is -0.393 e. The lowest BCUT2D eigenvalue weighted by molar-refractivity contribution is -0.123. The normalized spacial score (nSPS) is 12.1. The van der Waals surface area contributed by atoms with E-state index in [4.69, 9.17) is 18.0 Å². The Labute approximate surface area is 104 Å². The van der Waals surface area contributed by atoms with Crippen molar-refractivity contribution in [2.75, 3.05) is 0 Å². The van der Waals surface area contributed by atoms with E-state index in [0.717, 1.165) is 10.6 Å². The molecule has 1 aromatic rings. The maximum atomic E-state index is 11.7. The molecule has 0 radical (unpaired) electrons. The summed E-state index contributed by atoms with van der Waals surface area (Å²) < 4.78 is 0. The van der Waals surface area contributed by atoms with E-state index in [1.54, 1.807) is 5.51 Å². The van der Waals surface area contributed by atoms with Crippen LogP contribution in [-0.2, 0) is 11.3 Å². The number of thiocarbonyl (C=S) groups is 1. The molecule has 0 saturated heterocycles. The largest absolute Gasteiger partial charge is 0.393 e. The summed E-state index contributed by atoms with van der Waals surface area (Å²) in [6.07, 6.45) is 0.628. The van der Waals surface area contributed by atoms with Crippen LogP contribution in [-0.4, -0.2) is 15.9 Å². The molecule has 4 nitrogen and oxygen atoms in total. The van der Waals surface area contributed by atoms with Crippen LogP contribution in [0.25, 0.3) is 0 Å². The molecule has 16 heavy (non-hydrogen) atoms. The molecule has 1 aromatic heterocycles. The van der Waals surface area contributed by atoms with Gasteiger partial charge < -0.3 is 11.1 Å². The molecule has 1 atom stereocenters. The zero-order chi connectivity index (χ0) is 12.1. The smallest absolute Gasteiger partial charge is 0.230 e. The lowest BCUT2D eigenvalue weighted by Gasteiger charge is -2.12. The molecule has 0 bridgehead atoms. The Balaban J connectivity index is 2.52. The predicted molar refractivity (Wildman–Crippen MR) is 69.3 cm³/mol. The van der Waals surface area contributed by atoms with Gasteiger partial charge in [-0.2, -0.15) is 0 Å². The second kappa shape index (κ2) is 5.91. The second-order valence-corrected chi connectivity index (χ2v) is 4.85. The van der Waals surface area contributed by atoms with Crippen LogP contribution in [0.2, 0.25) is 0 Å². The third-order valence-electron chi connectivity index (χ3n) is 2.34. The molecule has 0 aliphatic carbocycles. The Morgan fingerprint density at radius 3 is 2.88 bits per heavy atom. The number of carbonyl (C=O) groups excluding carboxylic acids is 1. The summed E-state index contributed by atoms with van der Waals surface area (Å²) in [6.45, 7) is 4.30. The minimum atomic E-state index is -0.372. The average molecular weight is 257 g/mol. The zero-order valence-corrected chi connectivity index (χ0v) is 11.0. The quantitative estimate of drug-likeness (QED) is 0.782. The first kappa shape index (κ1) is 13.1. The average Bonchev–Trinajstić information content (AvgIpc) is 2.61. The highest BCUT2D eigenvalue weighted by Crippen LogP contribution is 2.12. The van der Waals surface area contributed by atoms with Crippen molar-refractivity contribution in [1.82, 2.24) is 10.3 Å². The highest BCUT2D eigenvalue weighted by molar-refractivity contribution is 7.80. The molecule has 0 fully saturated rings. The van der Waals surface area contributed by atoms with E-state index in [1.807, 2.05) is 13.8 Å². The second-order valence-electron chi connectivity index (χ2n) is 3.44. The molecule has 0 saturated carbocycles. The maximum absolute atomic E-state index is 11.7. The lowest BCUT2D eigenvalue weighted by Crippen LogP contribution is -2.37. The molecular formula is C10H15N3OS2. The number of hydrogen-bond acceptors (Lipinski definition) is 4. The van der Waals surface area contributed by atoms with Gasteiger partial charge in [0, 0.05) is 4.88 Å². The summed E-state index contributed by atoms with van der Waals surface area (Å²) in [7, 11) is 0. The summed E-state index contributed by atoms with van der Waals surface area (Å²) >= 11 is 6.37. The van der Waals surface area contributed by atoms with Crippen LogP contribution in [0.1, 0.15) is 23.9 Å². The highest BCUT2D eigenvalue weighted by atomic mass is 32.1. The minimum absolute atomic E-state index is 0.109. The lowest BCUT2D eigenvalue weighted by atomic mass is 10.1. The van der Waals surface area contributed by atoms with E-state index in [2.05, 4.69) is 10.3 Å². The van der Waals surface area contributed by atoms with Crippen LogP contribution >= 0.6 is 23.6 Å². The topological polar surface area (TPSA) is 68.0 Å². The van der Waals surface area contributed by atoms with Crippen molar-refractivity contribution in [1.29, 1.82) is 0 Å². The standard InChI is InChI=1S/C10H15N3OS2/c1-3-7(9(11)15)10(14)12-4-8-6(2)13-5-16-8/h5,7H,3-4H2,1-2H3,(H2,11,15)(H,12,14).